The van der Waals surface area contributed by atoms with Gasteiger partial charge in [-0.25, -0.2) is 4.98 Å². The molecule has 2 fully saturated rings. The molecule has 3 rings (SSSR count). The number of halogens is 3. The van der Waals surface area contributed by atoms with Gasteiger partial charge in [0.05, 0.1) is 13.0 Å². The van der Waals surface area contributed by atoms with E-state index in [-0.39, 0.29) is 31.6 Å². The van der Waals surface area contributed by atoms with Crippen molar-refractivity contribution in [3.63, 3.8) is 0 Å². The van der Waals surface area contributed by atoms with Gasteiger partial charge in [-0.05, 0) is 33.1 Å². The van der Waals surface area contributed by atoms with Crippen molar-refractivity contribution in [3.8, 4) is 0 Å². The summed E-state index contributed by atoms with van der Waals surface area (Å²) in [6.45, 7) is 5.81. The number of rotatable bonds is 5. The number of carbonyl (C=O) groups excluding carboxylic acids is 2. The van der Waals surface area contributed by atoms with Gasteiger partial charge in [0.15, 0.2) is 0 Å². The quantitative estimate of drug-likeness (QED) is 0.726. The van der Waals surface area contributed by atoms with Crippen LogP contribution in [0.25, 0.3) is 0 Å². The molecule has 2 aliphatic heterocycles. The van der Waals surface area contributed by atoms with Gasteiger partial charge in [-0.2, -0.15) is 13.2 Å². The van der Waals surface area contributed by atoms with E-state index in [2.05, 4.69) is 4.98 Å². The molecule has 2 amide bonds. The van der Waals surface area contributed by atoms with Crippen LogP contribution in [0.1, 0.15) is 43.3 Å². The van der Waals surface area contributed by atoms with Gasteiger partial charge in [0.1, 0.15) is 5.01 Å². The van der Waals surface area contributed by atoms with Crippen molar-refractivity contribution < 1.29 is 27.9 Å². The summed E-state index contributed by atoms with van der Waals surface area (Å²) in [6, 6.07) is 0.221. The van der Waals surface area contributed by atoms with Crippen LogP contribution < -0.4 is 0 Å². The first-order valence-corrected chi connectivity index (χ1v) is 11.4. The minimum absolute atomic E-state index is 0.0533. The second-order valence-corrected chi connectivity index (χ2v) is 9.28. The first-order valence-electron chi connectivity index (χ1n) is 10.5. The summed E-state index contributed by atoms with van der Waals surface area (Å²) in [6.07, 6.45) is -3.01. The van der Waals surface area contributed by atoms with E-state index in [9.17, 15) is 27.9 Å². The first kappa shape index (κ1) is 23.9. The highest BCUT2D eigenvalue weighted by Gasteiger charge is 2.58. The van der Waals surface area contributed by atoms with E-state index < -0.39 is 29.1 Å². The third-order valence-electron chi connectivity index (χ3n) is 6.06. The molecule has 0 bridgehead atoms. The number of hydrogen-bond acceptors (Lipinski definition) is 6. The Hall–Kier alpha value is -1.72. The molecule has 2 unspecified atom stereocenters. The molecule has 0 radical (unpaired) electrons. The number of alkyl halides is 3. The van der Waals surface area contributed by atoms with Crippen molar-refractivity contribution in [1.29, 1.82) is 0 Å². The second-order valence-electron chi connectivity index (χ2n) is 8.42. The molecule has 0 spiro atoms. The predicted octanol–water partition coefficient (Wildman–Crippen LogP) is 2.14. The van der Waals surface area contributed by atoms with Gasteiger partial charge in [-0.1, -0.05) is 0 Å². The number of aliphatic hydroxyl groups is 1. The molecule has 31 heavy (non-hydrogen) atoms. The topological polar surface area (TPSA) is 77.0 Å². The highest BCUT2D eigenvalue weighted by molar-refractivity contribution is 7.09. The monoisotopic (exact) mass is 462 g/mol. The van der Waals surface area contributed by atoms with Crippen LogP contribution in [0.2, 0.25) is 0 Å². The number of amides is 2. The van der Waals surface area contributed by atoms with Crippen LogP contribution in [0.5, 0.6) is 0 Å². The molecule has 3 heterocycles. The van der Waals surface area contributed by atoms with E-state index in [0.717, 1.165) is 25.8 Å². The third kappa shape index (κ3) is 5.38. The molecule has 2 atom stereocenters. The molecule has 0 aromatic carbocycles. The van der Waals surface area contributed by atoms with Gasteiger partial charge in [0, 0.05) is 49.8 Å². The first-order chi connectivity index (χ1) is 14.5. The van der Waals surface area contributed by atoms with E-state index in [1.165, 1.54) is 17.2 Å². The molecule has 0 saturated carbocycles. The van der Waals surface area contributed by atoms with Crippen LogP contribution in [0, 0.1) is 6.92 Å². The van der Waals surface area contributed by atoms with Crippen molar-refractivity contribution in [2.24, 2.45) is 0 Å². The predicted molar refractivity (Wildman–Crippen MR) is 109 cm³/mol. The zero-order valence-electron chi connectivity index (χ0n) is 17.8. The maximum atomic E-state index is 13.6. The minimum atomic E-state index is -5.02. The largest absolute Gasteiger partial charge is 0.424 e. The molecule has 2 aliphatic rings. The van der Waals surface area contributed by atoms with Gasteiger partial charge >= 0.3 is 6.18 Å². The fourth-order valence-electron chi connectivity index (χ4n) is 4.08. The van der Waals surface area contributed by atoms with Crippen LogP contribution in [0.3, 0.4) is 0 Å². The van der Waals surface area contributed by atoms with E-state index in [1.807, 2.05) is 16.7 Å². The van der Waals surface area contributed by atoms with E-state index in [4.69, 9.17) is 0 Å². The Balaban J connectivity index is 1.56. The van der Waals surface area contributed by atoms with Crippen molar-refractivity contribution in [3.05, 3.63) is 16.1 Å². The van der Waals surface area contributed by atoms with Crippen LogP contribution in [0.15, 0.2) is 5.38 Å². The zero-order valence-corrected chi connectivity index (χ0v) is 18.6. The average Bonchev–Trinajstić information content (AvgIpc) is 3.14. The lowest BCUT2D eigenvalue weighted by Gasteiger charge is -2.38. The van der Waals surface area contributed by atoms with Gasteiger partial charge in [-0.15, -0.1) is 11.3 Å². The summed E-state index contributed by atoms with van der Waals surface area (Å²) in [7, 11) is 0. The summed E-state index contributed by atoms with van der Waals surface area (Å²) in [5, 5.41) is 11.3. The van der Waals surface area contributed by atoms with Gasteiger partial charge in [0.2, 0.25) is 17.4 Å². The Kier molecular flexibility index (Phi) is 7.27. The minimum Gasteiger partial charge on any atom is -0.374 e. The Bertz CT molecular complexity index is 795. The number of likely N-dealkylation sites (tertiary alicyclic amines) is 1. The highest BCUT2D eigenvalue weighted by Crippen LogP contribution is 2.43. The molecule has 7 nitrogen and oxygen atoms in total. The van der Waals surface area contributed by atoms with E-state index in [1.54, 1.807) is 0 Å². The molecule has 174 valence electrons. The second kappa shape index (κ2) is 9.41. The van der Waals surface area contributed by atoms with Crippen LogP contribution in [-0.2, 0) is 15.2 Å². The number of aromatic nitrogens is 1. The number of aryl methyl sites for hydroxylation is 1. The Labute approximate surface area is 183 Å². The summed E-state index contributed by atoms with van der Waals surface area (Å²) in [5.41, 5.74) is -2.95. The molecule has 2 saturated heterocycles. The maximum absolute atomic E-state index is 13.6. The molecular formula is C20H29F3N4O3S. The Morgan fingerprint density at radius 2 is 1.84 bits per heavy atom. The van der Waals surface area contributed by atoms with Gasteiger partial charge < -0.3 is 14.9 Å². The van der Waals surface area contributed by atoms with Crippen molar-refractivity contribution in [2.75, 3.05) is 39.3 Å². The lowest BCUT2D eigenvalue weighted by Crippen LogP contribution is -2.54. The third-order valence-corrected chi connectivity index (χ3v) is 7.17. The number of hydrogen-bond donors (Lipinski definition) is 1. The lowest BCUT2D eigenvalue weighted by atomic mass is 9.98. The van der Waals surface area contributed by atoms with E-state index in [0.29, 0.717) is 30.1 Å². The highest BCUT2D eigenvalue weighted by atomic mass is 32.1. The Morgan fingerprint density at radius 1 is 1.16 bits per heavy atom. The van der Waals surface area contributed by atoms with E-state index >= 15 is 0 Å². The molecule has 1 N–H and O–H groups in total. The number of nitrogens with zero attached hydrogens (tertiary/aromatic N) is 4. The summed E-state index contributed by atoms with van der Waals surface area (Å²) in [4.78, 5) is 34.1. The number of thiazole rings is 1. The summed E-state index contributed by atoms with van der Waals surface area (Å²) < 4.78 is 40.9. The molecule has 1 aromatic heterocycles. The van der Waals surface area contributed by atoms with Gasteiger partial charge in [-0.3, -0.25) is 14.5 Å². The number of piperazine rings is 1. The van der Waals surface area contributed by atoms with Crippen molar-refractivity contribution >= 4 is 23.2 Å². The summed E-state index contributed by atoms with van der Waals surface area (Å²) in [5.74, 6) is -0.721. The maximum Gasteiger partial charge on any atom is 0.424 e. The van der Waals surface area contributed by atoms with Crippen LogP contribution in [0.4, 0.5) is 13.2 Å². The fraction of sp³-hybridized carbons (Fsp3) is 0.750. The lowest BCUT2D eigenvalue weighted by molar-refractivity contribution is -0.268. The van der Waals surface area contributed by atoms with Crippen LogP contribution in [-0.4, -0.2) is 88.1 Å². The number of carbonyl (C=O) groups is 2. The fourth-order valence-corrected chi connectivity index (χ4v) is 4.99. The van der Waals surface area contributed by atoms with Crippen molar-refractivity contribution in [1.82, 2.24) is 19.7 Å². The average molecular weight is 463 g/mol. The van der Waals surface area contributed by atoms with Crippen LogP contribution >= 0.6 is 11.3 Å². The van der Waals surface area contributed by atoms with Gasteiger partial charge in [0.25, 0.3) is 0 Å². The Morgan fingerprint density at radius 3 is 2.39 bits per heavy atom. The molecule has 0 aliphatic carbocycles. The molecular weight excluding hydrogens is 433 g/mol. The number of piperidine rings is 1. The SMILES string of the molecule is Cc1csc(C(O)(CC(=O)N2CCN(CC(=O)N3CCCCC3C)CC2)C(F)(F)F)n1. The zero-order chi connectivity index (χ0) is 22.8. The molecule has 1 aromatic rings. The summed E-state index contributed by atoms with van der Waals surface area (Å²) >= 11 is 0.691. The molecule has 11 heteroatoms. The normalized spacial score (nSPS) is 23.0. The smallest absolute Gasteiger partial charge is 0.374 e. The van der Waals surface area contributed by atoms with Crippen molar-refractivity contribution in [2.45, 2.75) is 57.3 Å². The standard InChI is InChI=1S/C20H29F3N4O3S/c1-14-13-31-18(24-14)19(30,20(21,22)23)11-16(28)26-9-7-25(8-10-26)12-17(29)27-6-4-3-5-15(27)2/h13,15,30H,3-12H2,1-2H3.